The number of aromatic nitrogens is 4. The molecule has 10 nitrogen and oxygen atoms in total. The lowest BCUT2D eigenvalue weighted by atomic mass is 10.1. The number of carbonyl (C=O) groups excluding carboxylic acids is 1. The molecule has 0 saturated heterocycles. The zero-order chi connectivity index (χ0) is 23.2. The molecular formula is C23H22N6O4. The lowest BCUT2D eigenvalue weighted by molar-refractivity contribution is -0.389. The zero-order valence-corrected chi connectivity index (χ0v) is 17.9. The number of hydrogen-bond acceptors (Lipinski definition) is 6. The van der Waals surface area contributed by atoms with Crippen LogP contribution < -0.4 is 10.1 Å². The smallest absolute Gasteiger partial charge is 0.390 e. The van der Waals surface area contributed by atoms with E-state index in [0.717, 1.165) is 11.1 Å². The molecule has 168 valence electrons. The molecule has 1 amide bonds. The van der Waals surface area contributed by atoms with E-state index in [-0.39, 0.29) is 30.7 Å². The van der Waals surface area contributed by atoms with Crippen LogP contribution in [-0.2, 0) is 13.3 Å². The molecule has 10 heteroatoms. The monoisotopic (exact) mass is 446 g/mol. The van der Waals surface area contributed by atoms with Gasteiger partial charge in [0, 0.05) is 12.7 Å². The summed E-state index contributed by atoms with van der Waals surface area (Å²) in [4.78, 5) is 22.6. The maximum Gasteiger partial charge on any atom is 0.390 e. The van der Waals surface area contributed by atoms with Crippen LogP contribution in [0.15, 0.2) is 72.9 Å². The van der Waals surface area contributed by atoms with E-state index in [1.165, 1.54) is 15.4 Å². The third kappa shape index (κ3) is 5.42. The molecule has 0 unspecified atom stereocenters. The molecule has 4 rings (SSSR count). The van der Waals surface area contributed by atoms with Gasteiger partial charge in [0.2, 0.25) is 0 Å². The highest BCUT2D eigenvalue weighted by Gasteiger charge is 2.15. The number of hydrogen-bond donors (Lipinski definition) is 1. The number of aryl methyl sites for hydroxylation is 1. The molecule has 2 aromatic heterocycles. The first-order chi connectivity index (χ1) is 16.0. The van der Waals surface area contributed by atoms with Crippen molar-refractivity contribution in [2.45, 2.75) is 20.2 Å². The average molecular weight is 446 g/mol. The molecule has 0 aliphatic rings. The topological polar surface area (TPSA) is 117 Å². The Bertz CT molecular complexity index is 1250. The van der Waals surface area contributed by atoms with Crippen molar-refractivity contribution in [3.05, 3.63) is 94.4 Å². The molecular weight excluding hydrogens is 424 g/mol. The Labute approximate surface area is 189 Å². The summed E-state index contributed by atoms with van der Waals surface area (Å²) in [7, 11) is 0. The van der Waals surface area contributed by atoms with Gasteiger partial charge in [0.15, 0.2) is 6.73 Å². The molecule has 0 bridgehead atoms. The fourth-order valence-electron chi connectivity index (χ4n) is 3.24. The normalized spacial score (nSPS) is 10.7. The van der Waals surface area contributed by atoms with Gasteiger partial charge in [-0.3, -0.25) is 4.79 Å². The molecule has 0 radical (unpaired) electrons. The van der Waals surface area contributed by atoms with Gasteiger partial charge < -0.3 is 20.2 Å². The van der Waals surface area contributed by atoms with Crippen molar-refractivity contribution in [2.75, 3.05) is 6.54 Å². The highest BCUT2D eigenvalue weighted by molar-refractivity contribution is 5.92. The number of rotatable bonds is 9. The Morgan fingerprint density at radius 2 is 1.79 bits per heavy atom. The van der Waals surface area contributed by atoms with Crippen molar-refractivity contribution in [2.24, 2.45) is 0 Å². The van der Waals surface area contributed by atoms with Gasteiger partial charge in [-0.25, -0.2) is 4.68 Å². The second kappa shape index (κ2) is 9.77. The quantitative estimate of drug-likeness (QED) is 0.311. The SMILES string of the molecule is Cc1cc([N+](=O)[O-])nn1CCNC(=O)c1ccn(COc2ccc(-c3ccccc3)cc2)n1. The Morgan fingerprint density at radius 1 is 1.06 bits per heavy atom. The van der Waals surface area contributed by atoms with E-state index in [1.807, 2.05) is 54.6 Å². The molecule has 1 N–H and O–H groups in total. The van der Waals surface area contributed by atoms with Crippen LogP contribution in [0.2, 0.25) is 0 Å². The predicted molar refractivity (Wildman–Crippen MR) is 121 cm³/mol. The van der Waals surface area contributed by atoms with Crippen molar-refractivity contribution in [1.29, 1.82) is 0 Å². The van der Waals surface area contributed by atoms with Crippen molar-refractivity contribution in [1.82, 2.24) is 24.9 Å². The summed E-state index contributed by atoms with van der Waals surface area (Å²) in [5.41, 5.74) is 3.13. The highest BCUT2D eigenvalue weighted by Crippen LogP contribution is 2.22. The molecule has 33 heavy (non-hydrogen) atoms. The summed E-state index contributed by atoms with van der Waals surface area (Å²) >= 11 is 0. The summed E-state index contributed by atoms with van der Waals surface area (Å²) in [6.45, 7) is 2.46. The highest BCUT2D eigenvalue weighted by atomic mass is 16.6. The molecule has 0 aliphatic carbocycles. The zero-order valence-electron chi connectivity index (χ0n) is 17.9. The van der Waals surface area contributed by atoms with Crippen LogP contribution in [0.5, 0.6) is 5.75 Å². The van der Waals surface area contributed by atoms with E-state index in [9.17, 15) is 14.9 Å². The van der Waals surface area contributed by atoms with Crippen molar-refractivity contribution in [3.63, 3.8) is 0 Å². The van der Waals surface area contributed by atoms with Crippen LogP contribution in [0.25, 0.3) is 11.1 Å². The van der Waals surface area contributed by atoms with E-state index in [1.54, 1.807) is 19.2 Å². The van der Waals surface area contributed by atoms with Gasteiger partial charge in [0.25, 0.3) is 5.91 Å². The molecule has 0 fully saturated rings. The number of nitro groups is 1. The van der Waals surface area contributed by atoms with Crippen LogP contribution in [-0.4, -0.2) is 36.9 Å². The van der Waals surface area contributed by atoms with Gasteiger partial charge in [-0.2, -0.15) is 9.78 Å². The third-order valence-electron chi connectivity index (χ3n) is 4.96. The maximum atomic E-state index is 12.3. The van der Waals surface area contributed by atoms with Crippen LogP contribution in [0.3, 0.4) is 0 Å². The first-order valence-electron chi connectivity index (χ1n) is 10.3. The lowest BCUT2D eigenvalue weighted by Crippen LogP contribution is -2.28. The van der Waals surface area contributed by atoms with E-state index >= 15 is 0 Å². The molecule has 0 atom stereocenters. The van der Waals surface area contributed by atoms with E-state index in [2.05, 4.69) is 15.5 Å². The van der Waals surface area contributed by atoms with E-state index < -0.39 is 4.92 Å². The van der Waals surface area contributed by atoms with Crippen molar-refractivity contribution in [3.8, 4) is 16.9 Å². The van der Waals surface area contributed by atoms with Gasteiger partial charge in [-0.15, -0.1) is 0 Å². The second-order valence-corrected chi connectivity index (χ2v) is 7.28. The Balaban J connectivity index is 1.26. The minimum Gasteiger partial charge on any atom is -0.471 e. The first kappa shape index (κ1) is 21.8. The van der Waals surface area contributed by atoms with Crippen molar-refractivity contribution < 1.29 is 14.5 Å². The number of carbonyl (C=O) groups is 1. The molecule has 2 aromatic carbocycles. The Morgan fingerprint density at radius 3 is 2.48 bits per heavy atom. The fraction of sp³-hybridized carbons (Fsp3) is 0.174. The summed E-state index contributed by atoms with van der Waals surface area (Å²) < 4.78 is 8.76. The minimum absolute atomic E-state index is 0.161. The first-order valence-corrected chi connectivity index (χ1v) is 10.3. The largest absolute Gasteiger partial charge is 0.471 e. The lowest BCUT2D eigenvalue weighted by Gasteiger charge is -2.07. The maximum absolute atomic E-state index is 12.3. The fourth-order valence-corrected chi connectivity index (χ4v) is 3.24. The van der Waals surface area contributed by atoms with E-state index in [4.69, 9.17) is 4.74 Å². The third-order valence-corrected chi connectivity index (χ3v) is 4.96. The summed E-state index contributed by atoms with van der Waals surface area (Å²) in [6, 6.07) is 20.8. The van der Waals surface area contributed by atoms with Crippen LogP contribution >= 0.6 is 0 Å². The number of nitrogens with zero attached hydrogens (tertiary/aromatic N) is 5. The predicted octanol–water partition coefficient (Wildman–Crippen LogP) is 3.43. The number of nitrogens with one attached hydrogen (secondary N) is 1. The molecule has 4 aromatic rings. The summed E-state index contributed by atoms with van der Waals surface area (Å²) in [6.07, 6.45) is 1.66. The van der Waals surface area contributed by atoms with Gasteiger partial charge >= 0.3 is 5.82 Å². The second-order valence-electron chi connectivity index (χ2n) is 7.28. The van der Waals surface area contributed by atoms with Crippen LogP contribution in [0, 0.1) is 17.0 Å². The van der Waals surface area contributed by atoms with E-state index in [0.29, 0.717) is 18.0 Å². The summed E-state index contributed by atoms with van der Waals surface area (Å²) in [5.74, 6) is 0.132. The molecule has 0 spiro atoms. The molecule has 0 saturated carbocycles. The van der Waals surface area contributed by atoms with Gasteiger partial charge in [-0.05, 0) is 41.2 Å². The Kier molecular flexibility index (Phi) is 6.44. The number of benzene rings is 2. The van der Waals surface area contributed by atoms with Gasteiger partial charge in [-0.1, -0.05) is 42.5 Å². The molecule has 2 heterocycles. The standard InChI is InChI=1S/C23H22N6O4/c1-17-15-22(29(31)32)26-28(17)14-12-24-23(30)21-11-13-27(25-21)16-33-20-9-7-19(8-10-20)18-5-3-2-4-6-18/h2-11,13,15H,12,14,16H2,1H3,(H,24,30). The van der Waals surface area contributed by atoms with Gasteiger partial charge in [0.05, 0.1) is 23.4 Å². The summed E-state index contributed by atoms with van der Waals surface area (Å²) in [5, 5.41) is 21.6. The molecule has 0 aliphatic heterocycles. The van der Waals surface area contributed by atoms with Crippen LogP contribution in [0.4, 0.5) is 5.82 Å². The number of ether oxygens (including phenoxy) is 1. The average Bonchev–Trinajstić information content (AvgIpc) is 3.46. The number of amides is 1. The van der Waals surface area contributed by atoms with Crippen molar-refractivity contribution >= 4 is 11.7 Å². The minimum atomic E-state index is -0.547. The van der Waals surface area contributed by atoms with Crippen LogP contribution in [0.1, 0.15) is 16.2 Å². The Hall–Kier alpha value is -4.47. The van der Waals surface area contributed by atoms with Gasteiger partial charge in [0.1, 0.15) is 11.4 Å².